The van der Waals surface area contributed by atoms with Gasteiger partial charge in [0.25, 0.3) is 0 Å². The van der Waals surface area contributed by atoms with Crippen molar-refractivity contribution in [1.29, 1.82) is 0 Å². The molecule has 0 spiro atoms. The number of fused-ring (bicyclic) bond motifs is 1. The first-order valence-corrected chi connectivity index (χ1v) is 11.3. The first-order chi connectivity index (χ1) is 15.4. The molecule has 1 aromatic heterocycles. The van der Waals surface area contributed by atoms with E-state index in [4.69, 9.17) is 9.15 Å². The number of nitrogens with zero attached hydrogens (tertiary/aromatic N) is 1. The van der Waals surface area contributed by atoms with E-state index in [1.54, 1.807) is 31.6 Å². The number of benzene rings is 2. The summed E-state index contributed by atoms with van der Waals surface area (Å²) in [6.07, 6.45) is 7.70. The standard InChI is InChI=1S/C27H30FNO3/c1-5-21-8-6-7-13-29(21)25(30)14-17(2)22-15-23-24(19-9-11-20(28)12-10-19)16-32-27(23)18(3)26(22)31-4/h9-12,14-16,21H,5-8,13H2,1-4H3/b17-14+. The maximum absolute atomic E-state index is 13.4. The Morgan fingerprint density at radius 3 is 2.72 bits per heavy atom. The lowest BCUT2D eigenvalue weighted by Crippen LogP contribution is -2.42. The van der Waals surface area contributed by atoms with Gasteiger partial charge in [0.05, 0.1) is 13.4 Å². The fraction of sp³-hybridized carbons (Fsp3) is 0.370. The number of amides is 1. The molecule has 0 N–H and O–H groups in total. The number of hydrogen-bond acceptors (Lipinski definition) is 3. The van der Waals surface area contributed by atoms with E-state index < -0.39 is 0 Å². The topological polar surface area (TPSA) is 42.7 Å². The second-order valence-electron chi connectivity index (χ2n) is 8.53. The molecule has 0 bridgehead atoms. The number of allylic oxidation sites excluding steroid dienone is 1. The monoisotopic (exact) mass is 435 g/mol. The molecular formula is C27H30FNO3. The normalized spacial score (nSPS) is 17.1. The molecule has 1 fully saturated rings. The molecule has 1 aliphatic rings. The minimum Gasteiger partial charge on any atom is -0.496 e. The molecule has 1 aliphatic heterocycles. The van der Waals surface area contributed by atoms with Crippen molar-refractivity contribution in [3.05, 3.63) is 59.6 Å². The van der Waals surface area contributed by atoms with Gasteiger partial charge in [-0.1, -0.05) is 19.1 Å². The highest BCUT2D eigenvalue weighted by Crippen LogP contribution is 2.40. The molecule has 2 heterocycles. The Kier molecular flexibility index (Phi) is 6.35. The van der Waals surface area contributed by atoms with E-state index >= 15 is 0 Å². The molecular weight excluding hydrogens is 405 g/mol. The number of ether oxygens (including phenoxy) is 1. The lowest BCUT2D eigenvalue weighted by Gasteiger charge is -2.34. The summed E-state index contributed by atoms with van der Waals surface area (Å²) in [6, 6.07) is 8.69. The molecule has 1 atom stereocenters. The summed E-state index contributed by atoms with van der Waals surface area (Å²) in [7, 11) is 1.63. The van der Waals surface area contributed by atoms with Gasteiger partial charge in [-0.2, -0.15) is 0 Å². The van der Waals surface area contributed by atoms with Crippen LogP contribution in [-0.4, -0.2) is 30.5 Å². The summed E-state index contributed by atoms with van der Waals surface area (Å²) in [4.78, 5) is 15.1. The van der Waals surface area contributed by atoms with E-state index in [1.807, 2.05) is 24.8 Å². The van der Waals surface area contributed by atoms with E-state index in [1.165, 1.54) is 18.6 Å². The van der Waals surface area contributed by atoms with Crippen molar-refractivity contribution in [2.75, 3.05) is 13.7 Å². The van der Waals surface area contributed by atoms with Gasteiger partial charge in [0.15, 0.2) is 0 Å². The van der Waals surface area contributed by atoms with Gasteiger partial charge in [0.2, 0.25) is 5.91 Å². The molecule has 1 saturated heterocycles. The van der Waals surface area contributed by atoms with E-state index in [0.29, 0.717) is 11.8 Å². The Balaban J connectivity index is 1.78. The van der Waals surface area contributed by atoms with Gasteiger partial charge < -0.3 is 14.1 Å². The third kappa shape index (κ3) is 4.04. The number of piperidine rings is 1. The van der Waals surface area contributed by atoms with Crippen molar-refractivity contribution in [3.8, 4) is 16.9 Å². The van der Waals surface area contributed by atoms with Crippen molar-refractivity contribution >= 4 is 22.4 Å². The first kappa shape index (κ1) is 22.1. The highest BCUT2D eigenvalue weighted by Gasteiger charge is 2.25. The zero-order chi connectivity index (χ0) is 22.8. The van der Waals surface area contributed by atoms with Crippen molar-refractivity contribution in [1.82, 2.24) is 4.90 Å². The number of carbonyl (C=O) groups is 1. The zero-order valence-electron chi connectivity index (χ0n) is 19.2. The molecule has 3 aromatic rings. The summed E-state index contributed by atoms with van der Waals surface area (Å²) in [5, 5.41) is 0.912. The van der Waals surface area contributed by atoms with Crippen LogP contribution in [0.1, 0.15) is 50.7 Å². The number of likely N-dealkylation sites (tertiary alicyclic amines) is 1. The number of halogens is 1. The average Bonchev–Trinajstić information content (AvgIpc) is 3.23. The Labute approximate surface area is 188 Å². The summed E-state index contributed by atoms with van der Waals surface area (Å²) in [5.41, 5.74) is 5.07. The Morgan fingerprint density at radius 2 is 2.03 bits per heavy atom. The van der Waals surface area contributed by atoms with Crippen LogP contribution in [0.3, 0.4) is 0 Å². The molecule has 4 nitrogen and oxygen atoms in total. The van der Waals surface area contributed by atoms with Gasteiger partial charge in [-0.3, -0.25) is 4.79 Å². The van der Waals surface area contributed by atoms with Crippen molar-refractivity contribution < 1.29 is 18.3 Å². The first-order valence-electron chi connectivity index (χ1n) is 11.3. The molecule has 0 aliphatic carbocycles. The van der Waals surface area contributed by atoms with Crippen LogP contribution in [0.25, 0.3) is 27.7 Å². The number of furan rings is 1. The van der Waals surface area contributed by atoms with Crippen LogP contribution in [0.5, 0.6) is 5.75 Å². The maximum atomic E-state index is 13.4. The van der Waals surface area contributed by atoms with Gasteiger partial charge in [0, 0.05) is 40.7 Å². The van der Waals surface area contributed by atoms with Gasteiger partial charge >= 0.3 is 0 Å². The number of carbonyl (C=O) groups excluding carboxylic acids is 1. The summed E-state index contributed by atoms with van der Waals surface area (Å²) in [5.74, 6) is 0.477. The molecule has 0 radical (unpaired) electrons. The lowest BCUT2D eigenvalue weighted by molar-refractivity contribution is -0.129. The Bertz CT molecular complexity index is 1160. The minimum atomic E-state index is -0.277. The zero-order valence-corrected chi connectivity index (χ0v) is 19.2. The van der Waals surface area contributed by atoms with Crippen LogP contribution in [-0.2, 0) is 4.79 Å². The van der Waals surface area contributed by atoms with Crippen LogP contribution in [0.2, 0.25) is 0 Å². The fourth-order valence-corrected chi connectivity index (χ4v) is 4.79. The van der Waals surface area contributed by atoms with Crippen molar-refractivity contribution in [3.63, 3.8) is 0 Å². The van der Waals surface area contributed by atoms with E-state index in [0.717, 1.165) is 64.6 Å². The Hall–Kier alpha value is -3.08. The van der Waals surface area contributed by atoms with Crippen molar-refractivity contribution in [2.24, 2.45) is 0 Å². The molecule has 4 rings (SSSR count). The molecule has 32 heavy (non-hydrogen) atoms. The molecule has 1 unspecified atom stereocenters. The second-order valence-corrected chi connectivity index (χ2v) is 8.53. The van der Waals surface area contributed by atoms with Crippen LogP contribution in [0.15, 0.2) is 47.1 Å². The van der Waals surface area contributed by atoms with E-state index in [9.17, 15) is 9.18 Å². The predicted octanol–water partition coefficient (Wildman–Crippen LogP) is 6.75. The minimum absolute atomic E-state index is 0.0554. The third-order valence-corrected chi connectivity index (χ3v) is 6.55. The van der Waals surface area contributed by atoms with Gasteiger partial charge in [-0.15, -0.1) is 0 Å². The van der Waals surface area contributed by atoms with E-state index in [2.05, 4.69) is 6.92 Å². The summed E-state index contributed by atoms with van der Waals surface area (Å²) < 4.78 is 25.0. The van der Waals surface area contributed by atoms with E-state index in [-0.39, 0.29) is 11.7 Å². The van der Waals surface area contributed by atoms with Gasteiger partial charge in [0.1, 0.15) is 17.1 Å². The largest absolute Gasteiger partial charge is 0.496 e. The molecule has 2 aromatic carbocycles. The summed E-state index contributed by atoms with van der Waals surface area (Å²) in [6.45, 7) is 6.86. The molecule has 1 amide bonds. The highest BCUT2D eigenvalue weighted by molar-refractivity contribution is 6.01. The second kappa shape index (κ2) is 9.19. The highest BCUT2D eigenvalue weighted by atomic mass is 19.1. The SMILES string of the molecule is CCC1CCCCN1C(=O)/C=C(\C)c1cc2c(-c3ccc(F)cc3)coc2c(C)c1OC. The number of aryl methyl sites for hydroxylation is 1. The quantitative estimate of drug-likeness (QED) is 0.416. The molecule has 5 heteroatoms. The molecule has 168 valence electrons. The van der Waals surface area contributed by atoms with Gasteiger partial charge in [-0.05, 0) is 68.9 Å². The maximum Gasteiger partial charge on any atom is 0.247 e. The molecule has 0 saturated carbocycles. The number of rotatable bonds is 5. The van der Waals surface area contributed by atoms with Crippen LogP contribution in [0, 0.1) is 12.7 Å². The Morgan fingerprint density at radius 1 is 1.28 bits per heavy atom. The summed E-state index contributed by atoms with van der Waals surface area (Å²) >= 11 is 0. The number of methoxy groups -OCH3 is 1. The smallest absolute Gasteiger partial charge is 0.247 e. The van der Waals surface area contributed by atoms with Gasteiger partial charge in [-0.25, -0.2) is 4.39 Å². The predicted molar refractivity (Wildman–Crippen MR) is 126 cm³/mol. The van der Waals surface area contributed by atoms with Crippen LogP contribution in [0.4, 0.5) is 4.39 Å². The third-order valence-electron chi connectivity index (χ3n) is 6.55. The number of hydrogen-bond donors (Lipinski definition) is 0. The van der Waals surface area contributed by atoms with Crippen molar-refractivity contribution in [2.45, 2.75) is 52.5 Å². The average molecular weight is 436 g/mol. The fourth-order valence-electron chi connectivity index (χ4n) is 4.79. The van der Waals surface area contributed by atoms with Crippen LogP contribution < -0.4 is 4.74 Å². The van der Waals surface area contributed by atoms with Crippen LogP contribution >= 0.6 is 0 Å². The lowest BCUT2D eigenvalue weighted by atomic mass is 9.96.